The molecule has 0 radical (unpaired) electrons. The van der Waals surface area contributed by atoms with Gasteiger partial charge in [0.05, 0.1) is 18.0 Å². The van der Waals surface area contributed by atoms with Gasteiger partial charge < -0.3 is 5.32 Å². The summed E-state index contributed by atoms with van der Waals surface area (Å²) in [6.07, 6.45) is 2.24. The third kappa shape index (κ3) is 5.25. The average molecular weight is 301 g/mol. The first-order valence-corrected chi connectivity index (χ1v) is 9.22. The van der Waals surface area contributed by atoms with Crippen LogP contribution in [-0.2, 0) is 22.8 Å². The number of nitrogens with one attached hydrogen (secondary N) is 1. The van der Waals surface area contributed by atoms with E-state index in [0.717, 1.165) is 30.9 Å². The second-order valence-electron chi connectivity index (χ2n) is 5.62. The zero-order chi connectivity index (χ0) is 15.3. The normalized spacial score (nSPS) is 13.7. The van der Waals surface area contributed by atoms with Crippen LogP contribution < -0.4 is 5.32 Å². The monoisotopic (exact) mass is 301 g/mol. The van der Waals surface area contributed by atoms with Crippen molar-refractivity contribution in [2.75, 3.05) is 25.1 Å². The molecule has 6 heteroatoms. The summed E-state index contributed by atoms with van der Waals surface area (Å²) < 4.78 is 24.3. The Labute approximate surface area is 122 Å². The average Bonchev–Trinajstić information content (AvgIpc) is 2.60. The lowest BCUT2D eigenvalue weighted by molar-refractivity contribution is 0.518. The van der Waals surface area contributed by atoms with Crippen LogP contribution in [0.15, 0.2) is 0 Å². The molecule has 5 nitrogen and oxygen atoms in total. The lowest BCUT2D eigenvalue weighted by Crippen LogP contribution is -2.22. The second kappa shape index (κ2) is 7.22. The van der Waals surface area contributed by atoms with Crippen LogP contribution in [0.3, 0.4) is 0 Å². The van der Waals surface area contributed by atoms with E-state index in [1.807, 2.05) is 18.5 Å². The molecule has 0 aromatic carbocycles. The lowest BCUT2D eigenvalue weighted by Gasteiger charge is -2.12. The summed E-state index contributed by atoms with van der Waals surface area (Å²) >= 11 is 0. The molecule has 0 saturated carbocycles. The maximum absolute atomic E-state index is 11.3. The van der Waals surface area contributed by atoms with Crippen LogP contribution in [0.5, 0.6) is 0 Å². The molecule has 1 aromatic rings. The quantitative estimate of drug-likeness (QED) is 0.787. The van der Waals surface area contributed by atoms with Crippen LogP contribution >= 0.6 is 0 Å². The maximum Gasteiger partial charge on any atom is 0.149 e. The van der Waals surface area contributed by atoms with Crippen LogP contribution in [0.25, 0.3) is 0 Å². The Morgan fingerprint density at radius 3 is 2.55 bits per heavy atom. The van der Waals surface area contributed by atoms with Gasteiger partial charge in [-0.1, -0.05) is 13.8 Å². The lowest BCUT2D eigenvalue weighted by atomic mass is 9.99. The third-order valence-corrected chi connectivity index (χ3v) is 4.42. The van der Waals surface area contributed by atoms with E-state index in [0.29, 0.717) is 12.5 Å². The van der Waals surface area contributed by atoms with E-state index in [2.05, 4.69) is 24.3 Å². The largest absolute Gasteiger partial charge is 0.317 e. The SMILES string of the molecule is CCNCC(C)Cc1c(C)nn(CCS(C)(=O)=O)c1C. The summed E-state index contributed by atoms with van der Waals surface area (Å²) in [6.45, 7) is 10.8. The minimum Gasteiger partial charge on any atom is -0.317 e. The zero-order valence-corrected chi connectivity index (χ0v) is 14.0. The number of nitrogens with zero attached hydrogens (tertiary/aromatic N) is 2. The van der Waals surface area contributed by atoms with Gasteiger partial charge in [-0.25, -0.2) is 8.42 Å². The molecule has 0 bridgehead atoms. The fourth-order valence-electron chi connectivity index (χ4n) is 2.31. The second-order valence-corrected chi connectivity index (χ2v) is 7.88. The van der Waals surface area contributed by atoms with Crippen molar-refractivity contribution in [3.8, 4) is 0 Å². The van der Waals surface area contributed by atoms with Crippen LogP contribution in [0.1, 0.15) is 30.8 Å². The molecule has 0 amide bonds. The van der Waals surface area contributed by atoms with Gasteiger partial charge >= 0.3 is 0 Å². The topological polar surface area (TPSA) is 64.0 Å². The van der Waals surface area contributed by atoms with E-state index in [9.17, 15) is 8.42 Å². The van der Waals surface area contributed by atoms with Crippen molar-refractivity contribution in [2.24, 2.45) is 5.92 Å². The van der Waals surface area contributed by atoms with Gasteiger partial charge in [0.15, 0.2) is 0 Å². The Kier molecular flexibility index (Phi) is 6.20. The summed E-state index contributed by atoms with van der Waals surface area (Å²) in [5.41, 5.74) is 3.36. The molecular weight excluding hydrogens is 274 g/mol. The summed E-state index contributed by atoms with van der Waals surface area (Å²) in [5.74, 6) is 0.682. The molecule has 1 rings (SSSR count). The van der Waals surface area contributed by atoms with Crippen molar-refractivity contribution in [3.63, 3.8) is 0 Å². The highest BCUT2D eigenvalue weighted by Gasteiger charge is 2.15. The molecule has 1 N–H and O–H groups in total. The molecule has 20 heavy (non-hydrogen) atoms. The summed E-state index contributed by atoms with van der Waals surface area (Å²) in [5, 5.41) is 7.83. The number of hydrogen-bond acceptors (Lipinski definition) is 4. The van der Waals surface area contributed by atoms with Crippen LogP contribution in [0.2, 0.25) is 0 Å². The van der Waals surface area contributed by atoms with Crippen LogP contribution in [-0.4, -0.2) is 43.3 Å². The molecule has 0 aliphatic carbocycles. The van der Waals surface area contributed by atoms with Crippen molar-refractivity contribution >= 4 is 9.84 Å². The Morgan fingerprint density at radius 1 is 1.35 bits per heavy atom. The molecular formula is C14H27N3O2S. The molecule has 0 fully saturated rings. The fourth-order valence-corrected chi connectivity index (χ4v) is 2.82. The van der Waals surface area contributed by atoms with E-state index in [1.54, 1.807) is 0 Å². The van der Waals surface area contributed by atoms with Crippen molar-refractivity contribution in [3.05, 3.63) is 17.0 Å². The van der Waals surface area contributed by atoms with Gasteiger partial charge in [-0.15, -0.1) is 0 Å². The van der Waals surface area contributed by atoms with Crippen LogP contribution in [0.4, 0.5) is 0 Å². The summed E-state index contributed by atoms with van der Waals surface area (Å²) in [6, 6.07) is 0. The van der Waals surface area contributed by atoms with Gasteiger partial charge in [0, 0.05) is 11.9 Å². The highest BCUT2D eigenvalue weighted by molar-refractivity contribution is 7.90. The first-order chi connectivity index (χ1) is 9.24. The number of rotatable bonds is 8. The Morgan fingerprint density at radius 2 is 2.00 bits per heavy atom. The standard InChI is InChI=1S/C14H27N3O2S/c1-6-15-10-11(2)9-14-12(3)16-17(13(14)4)7-8-20(5,18)19/h11,15H,6-10H2,1-5H3. The summed E-state index contributed by atoms with van der Waals surface area (Å²) in [7, 11) is -2.95. The number of hydrogen-bond donors (Lipinski definition) is 1. The molecule has 1 unspecified atom stereocenters. The number of aromatic nitrogens is 2. The van der Waals surface area contributed by atoms with Crippen molar-refractivity contribution in [2.45, 2.75) is 40.7 Å². The maximum atomic E-state index is 11.3. The van der Waals surface area contributed by atoms with Crippen molar-refractivity contribution in [1.29, 1.82) is 0 Å². The zero-order valence-electron chi connectivity index (χ0n) is 13.2. The molecule has 0 aliphatic rings. The summed E-state index contributed by atoms with van der Waals surface area (Å²) in [4.78, 5) is 0. The van der Waals surface area contributed by atoms with Gasteiger partial charge in [-0.2, -0.15) is 5.10 Å². The number of aryl methyl sites for hydroxylation is 2. The van der Waals surface area contributed by atoms with Gasteiger partial charge in [0.2, 0.25) is 0 Å². The minimum atomic E-state index is -2.95. The van der Waals surface area contributed by atoms with Gasteiger partial charge in [0.1, 0.15) is 9.84 Å². The highest BCUT2D eigenvalue weighted by atomic mass is 32.2. The van der Waals surface area contributed by atoms with E-state index >= 15 is 0 Å². The smallest absolute Gasteiger partial charge is 0.149 e. The molecule has 0 saturated heterocycles. The Balaban J connectivity index is 2.76. The predicted octanol–water partition coefficient (Wildman–Crippen LogP) is 1.33. The molecule has 0 aliphatic heterocycles. The molecule has 1 aromatic heterocycles. The van der Waals surface area contributed by atoms with Gasteiger partial charge in [-0.3, -0.25) is 4.68 Å². The van der Waals surface area contributed by atoms with Gasteiger partial charge in [-0.05, 0) is 44.8 Å². The molecule has 116 valence electrons. The van der Waals surface area contributed by atoms with Crippen LogP contribution in [0, 0.1) is 19.8 Å². The van der Waals surface area contributed by atoms with Gasteiger partial charge in [0.25, 0.3) is 0 Å². The van der Waals surface area contributed by atoms with E-state index in [1.165, 1.54) is 11.8 Å². The number of sulfone groups is 1. The molecule has 1 atom stereocenters. The first kappa shape index (κ1) is 17.2. The third-order valence-electron chi connectivity index (χ3n) is 3.50. The van der Waals surface area contributed by atoms with E-state index in [-0.39, 0.29) is 5.75 Å². The Bertz CT molecular complexity index is 535. The fraction of sp³-hybridized carbons (Fsp3) is 0.786. The Hall–Kier alpha value is -0.880. The first-order valence-electron chi connectivity index (χ1n) is 7.16. The highest BCUT2D eigenvalue weighted by Crippen LogP contribution is 2.17. The molecule has 0 spiro atoms. The predicted molar refractivity (Wildman–Crippen MR) is 82.8 cm³/mol. The van der Waals surface area contributed by atoms with E-state index < -0.39 is 9.84 Å². The molecule has 1 heterocycles. The van der Waals surface area contributed by atoms with Crippen molar-refractivity contribution in [1.82, 2.24) is 15.1 Å². The van der Waals surface area contributed by atoms with Crippen molar-refractivity contribution < 1.29 is 8.42 Å². The minimum absolute atomic E-state index is 0.140. The van der Waals surface area contributed by atoms with E-state index in [4.69, 9.17) is 0 Å².